The van der Waals surface area contributed by atoms with E-state index in [4.69, 9.17) is 9.84 Å². The first kappa shape index (κ1) is 17.1. The lowest BCUT2D eigenvalue weighted by Crippen LogP contribution is -2.10. The molecule has 116 valence electrons. The van der Waals surface area contributed by atoms with E-state index in [-0.39, 0.29) is 24.3 Å². The van der Waals surface area contributed by atoms with Crippen molar-refractivity contribution in [2.24, 2.45) is 5.92 Å². The smallest absolute Gasteiger partial charge is 0.310 e. The Kier molecular flexibility index (Phi) is 6.85. The Labute approximate surface area is 124 Å². The van der Waals surface area contributed by atoms with Crippen LogP contribution >= 0.6 is 0 Å². The summed E-state index contributed by atoms with van der Waals surface area (Å²) in [5.74, 6) is -1.92. The Balaban J connectivity index is 2.23. The normalized spacial score (nSPS) is 18.3. The van der Waals surface area contributed by atoms with Crippen LogP contribution in [0.4, 0.5) is 0 Å². The van der Waals surface area contributed by atoms with Crippen LogP contribution < -0.4 is 0 Å². The van der Waals surface area contributed by atoms with Crippen LogP contribution in [0.3, 0.4) is 0 Å². The molecule has 5 heteroatoms. The van der Waals surface area contributed by atoms with E-state index in [1.54, 1.807) is 0 Å². The maximum absolute atomic E-state index is 11.6. The summed E-state index contributed by atoms with van der Waals surface area (Å²) in [6, 6.07) is 0. The first-order chi connectivity index (χ1) is 9.90. The van der Waals surface area contributed by atoms with Crippen LogP contribution in [-0.4, -0.2) is 28.9 Å². The topological polar surface area (TPSA) is 80.7 Å². The first-order valence-corrected chi connectivity index (χ1v) is 7.21. The van der Waals surface area contributed by atoms with Gasteiger partial charge in [-0.05, 0) is 38.7 Å². The van der Waals surface area contributed by atoms with E-state index in [1.165, 1.54) is 6.08 Å². The molecular formula is C16H22O5. The Morgan fingerprint density at radius 3 is 2.71 bits per heavy atom. The van der Waals surface area contributed by atoms with Gasteiger partial charge in [-0.15, -0.1) is 0 Å². The number of carbonyl (C=O) groups excluding carboxylic acids is 2. The number of aliphatic carboxylic acids is 1. The van der Waals surface area contributed by atoms with Gasteiger partial charge in [0.1, 0.15) is 0 Å². The molecule has 21 heavy (non-hydrogen) atoms. The minimum absolute atomic E-state index is 0.0690. The summed E-state index contributed by atoms with van der Waals surface area (Å²) in [6.45, 7) is 3.63. The molecule has 1 aliphatic rings. The van der Waals surface area contributed by atoms with Crippen LogP contribution in [0, 0.1) is 5.92 Å². The SMILES string of the molecule is CC(C)OC(=O)CCC/C=C\CC1=C[C@H](C(=O)O)CC1=O. The number of allylic oxidation sites excluding steroid dienone is 3. The molecule has 1 N–H and O–H groups in total. The summed E-state index contributed by atoms with van der Waals surface area (Å²) >= 11 is 0. The molecular weight excluding hydrogens is 272 g/mol. The number of ether oxygens (including phenoxy) is 1. The maximum atomic E-state index is 11.6. The van der Waals surface area contributed by atoms with Crippen LogP contribution in [-0.2, 0) is 19.1 Å². The Bertz CT molecular complexity index is 459. The van der Waals surface area contributed by atoms with Crippen LogP contribution in [0.1, 0.15) is 46.0 Å². The van der Waals surface area contributed by atoms with E-state index in [9.17, 15) is 14.4 Å². The number of Topliss-reactive ketones (excluding diaryl/α,β-unsaturated/α-hetero) is 1. The molecule has 0 amide bonds. The molecule has 1 atom stereocenters. The highest BCUT2D eigenvalue weighted by molar-refractivity contribution is 6.01. The molecule has 0 saturated carbocycles. The molecule has 0 aromatic heterocycles. The highest BCUT2D eigenvalue weighted by Gasteiger charge is 2.27. The largest absolute Gasteiger partial charge is 0.481 e. The Morgan fingerprint density at radius 1 is 1.43 bits per heavy atom. The van der Waals surface area contributed by atoms with Crippen molar-refractivity contribution in [2.45, 2.75) is 52.1 Å². The number of hydrogen-bond donors (Lipinski definition) is 1. The van der Waals surface area contributed by atoms with Crippen LogP contribution in [0.5, 0.6) is 0 Å². The number of carboxylic acid groups (broad SMARTS) is 1. The quantitative estimate of drug-likeness (QED) is 0.423. The van der Waals surface area contributed by atoms with Gasteiger partial charge < -0.3 is 9.84 Å². The second kappa shape index (κ2) is 8.39. The number of esters is 1. The minimum atomic E-state index is -0.953. The Morgan fingerprint density at radius 2 is 2.14 bits per heavy atom. The van der Waals surface area contributed by atoms with Gasteiger partial charge in [-0.2, -0.15) is 0 Å². The fourth-order valence-corrected chi connectivity index (χ4v) is 2.08. The summed E-state index contributed by atoms with van der Waals surface area (Å²) in [5, 5.41) is 8.85. The zero-order valence-corrected chi connectivity index (χ0v) is 12.5. The first-order valence-electron chi connectivity index (χ1n) is 7.21. The molecule has 0 fully saturated rings. The molecule has 1 aliphatic carbocycles. The second-order valence-corrected chi connectivity index (χ2v) is 5.37. The molecule has 5 nitrogen and oxygen atoms in total. The van der Waals surface area contributed by atoms with Gasteiger partial charge in [-0.25, -0.2) is 0 Å². The highest BCUT2D eigenvalue weighted by atomic mass is 16.5. The molecule has 1 rings (SSSR count). The van der Waals surface area contributed by atoms with Gasteiger partial charge >= 0.3 is 11.9 Å². The zero-order valence-electron chi connectivity index (χ0n) is 12.5. The third-order valence-electron chi connectivity index (χ3n) is 3.11. The fourth-order valence-electron chi connectivity index (χ4n) is 2.08. The minimum Gasteiger partial charge on any atom is -0.481 e. The number of rotatable bonds is 8. The van der Waals surface area contributed by atoms with Crippen molar-refractivity contribution in [3.05, 3.63) is 23.8 Å². The van der Waals surface area contributed by atoms with Gasteiger partial charge in [0, 0.05) is 12.8 Å². The molecule has 0 radical (unpaired) electrons. The van der Waals surface area contributed by atoms with Gasteiger partial charge in [-0.3, -0.25) is 14.4 Å². The molecule has 0 heterocycles. The monoisotopic (exact) mass is 294 g/mol. The van der Waals surface area contributed by atoms with E-state index < -0.39 is 11.9 Å². The van der Waals surface area contributed by atoms with E-state index >= 15 is 0 Å². The summed E-state index contributed by atoms with van der Waals surface area (Å²) in [5.41, 5.74) is 0.567. The van der Waals surface area contributed by atoms with Crippen molar-refractivity contribution >= 4 is 17.7 Å². The number of hydrogen-bond acceptors (Lipinski definition) is 4. The number of carbonyl (C=O) groups is 3. The zero-order chi connectivity index (χ0) is 15.8. The molecule has 0 spiro atoms. The number of unbranched alkanes of at least 4 members (excludes halogenated alkanes) is 1. The van der Waals surface area contributed by atoms with Crippen LogP contribution in [0.2, 0.25) is 0 Å². The van der Waals surface area contributed by atoms with Crippen molar-refractivity contribution in [3.8, 4) is 0 Å². The Hall–Kier alpha value is -1.91. The summed E-state index contributed by atoms with van der Waals surface area (Å²) in [7, 11) is 0. The van der Waals surface area contributed by atoms with Gasteiger partial charge in [0.25, 0.3) is 0 Å². The van der Waals surface area contributed by atoms with E-state index in [1.807, 2.05) is 26.0 Å². The second-order valence-electron chi connectivity index (χ2n) is 5.37. The lowest BCUT2D eigenvalue weighted by atomic mass is 10.1. The average molecular weight is 294 g/mol. The summed E-state index contributed by atoms with van der Waals surface area (Å²) in [4.78, 5) is 33.6. The van der Waals surface area contributed by atoms with Crippen molar-refractivity contribution in [1.82, 2.24) is 0 Å². The number of carboxylic acids is 1. The molecule has 0 aromatic carbocycles. The van der Waals surface area contributed by atoms with Crippen molar-refractivity contribution in [3.63, 3.8) is 0 Å². The molecule has 0 aromatic rings. The fraction of sp³-hybridized carbons (Fsp3) is 0.562. The van der Waals surface area contributed by atoms with E-state index in [0.717, 1.165) is 6.42 Å². The van der Waals surface area contributed by atoms with Gasteiger partial charge in [0.2, 0.25) is 0 Å². The van der Waals surface area contributed by atoms with Gasteiger partial charge in [0.15, 0.2) is 5.78 Å². The molecule has 0 aliphatic heterocycles. The van der Waals surface area contributed by atoms with Crippen molar-refractivity contribution < 1.29 is 24.2 Å². The average Bonchev–Trinajstić information content (AvgIpc) is 2.74. The lowest BCUT2D eigenvalue weighted by Gasteiger charge is -2.06. The van der Waals surface area contributed by atoms with Crippen LogP contribution in [0.25, 0.3) is 0 Å². The lowest BCUT2D eigenvalue weighted by molar-refractivity contribution is -0.147. The van der Waals surface area contributed by atoms with Crippen molar-refractivity contribution in [2.75, 3.05) is 0 Å². The predicted octanol–water partition coefficient (Wildman–Crippen LogP) is 2.65. The van der Waals surface area contributed by atoms with Gasteiger partial charge in [-0.1, -0.05) is 18.2 Å². The third kappa shape index (κ3) is 6.38. The third-order valence-corrected chi connectivity index (χ3v) is 3.11. The molecule has 0 unspecified atom stereocenters. The van der Waals surface area contributed by atoms with E-state index in [0.29, 0.717) is 24.8 Å². The maximum Gasteiger partial charge on any atom is 0.310 e. The summed E-state index contributed by atoms with van der Waals surface area (Å²) < 4.78 is 5.01. The predicted molar refractivity (Wildman–Crippen MR) is 77.7 cm³/mol. The van der Waals surface area contributed by atoms with Crippen molar-refractivity contribution in [1.29, 1.82) is 0 Å². The summed E-state index contributed by atoms with van der Waals surface area (Å²) in [6.07, 6.45) is 7.55. The van der Waals surface area contributed by atoms with E-state index in [2.05, 4.69) is 0 Å². The molecule has 0 bridgehead atoms. The molecule has 0 saturated heterocycles. The standard InChI is InChI=1S/C16H22O5/c1-11(2)21-15(18)8-6-4-3-5-7-12-9-13(16(19)20)10-14(12)17/h3,5,9,11,13H,4,6-8,10H2,1-2H3,(H,19,20)/b5-3-/t13-/m0/s1. The highest BCUT2D eigenvalue weighted by Crippen LogP contribution is 2.23. The van der Waals surface area contributed by atoms with Crippen LogP contribution in [0.15, 0.2) is 23.8 Å². The van der Waals surface area contributed by atoms with Gasteiger partial charge in [0.05, 0.1) is 12.0 Å². The number of ketones is 1.